The van der Waals surface area contributed by atoms with Gasteiger partial charge in [0.1, 0.15) is 12.7 Å². The quantitative estimate of drug-likeness (QED) is 0.706. The summed E-state index contributed by atoms with van der Waals surface area (Å²) in [6.07, 6.45) is 6.30. The second-order valence-corrected chi connectivity index (χ2v) is 5.55. The normalized spacial score (nSPS) is 12.3. The van der Waals surface area contributed by atoms with Crippen LogP contribution in [0.5, 0.6) is 0 Å². The average molecular weight is 325 g/mol. The summed E-state index contributed by atoms with van der Waals surface area (Å²) < 4.78 is 1.70. The molecule has 0 unspecified atom stereocenters. The van der Waals surface area contributed by atoms with Gasteiger partial charge in [0.2, 0.25) is 5.91 Å². The molecule has 1 aromatic carbocycles. The van der Waals surface area contributed by atoms with Gasteiger partial charge in [-0.2, -0.15) is 5.10 Å². The van der Waals surface area contributed by atoms with Crippen molar-refractivity contribution >= 4 is 23.3 Å². The van der Waals surface area contributed by atoms with Crippen LogP contribution in [0.4, 0.5) is 0 Å². The third kappa shape index (κ3) is 4.33. The van der Waals surface area contributed by atoms with E-state index in [9.17, 15) is 4.79 Å². The number of aromatic nitrogens is 4. The highest BCUT2D eigenvalue weighted by molar-refractivity contribution is 7.07. The summed E-state index contributed by atoms with van der Waals surface area (Å²) in [4.78, 5) is 20.2. The Morgan fingerprint density at radius 1 is 1.35 bits per heavy atom. The highest BCUT2D eigenvalue weighted by atomic mass is 32.1. The lowest BCUT2D eigenvalue weighted by molar-refractivity contribution is -0.117. The molecular formula is C16H15N5OS. The van der Waals surface area contributed by atoms with Crippen LogP contribution in [0, 0.1) is 0 Å². The Bertz CT molecular complexity index is 753. The molecular weight excluding hydrogens is 310 g/mol. The van der Waals surface area contributed by atoms with E-state index in [0.29, 0.717) is 6.54 Å². The smallest absolute Gasteiger partial charge is 0.244 e. The molecule has 6 nitrogen and oxygen atoms in total. The molecule has 0 aliphatic rings. The molecule has 3 rings (SSSR count). The third-order valence-electron chi connectivity index (χ3n) is 3.21. The van der Waals surface area contributed by atoms with Crippen LogP contribution in [0.15, 0.2) is 60.0 Å². The van der Waals surface area contributed by atoms with Crippen molar-refractivity contribution in [1.82, 2.24) is 25.1 Å². The maximum atomic E-state index is 12.2. The van der Waals surface area contributed by atoms with Gasteiger partial charge in [0.15, 0.2) is 0 Å². The monoisotopic (exact) mass is 325 g/mol. The number of nitrogens with one attached hydrogen (secondary N) is 1. The van der Waals surface area contributed by atoms with Gasteiger partial charge >= 0.3 is 0 Å². The van der Waals surface area contributed by atoms with E-state index in [1.54, 1.807) is 22.6 Å². The minimum Gasteiger partial charge on any atom is -0.344 e. The third-order valence-corrected chi connectivity index (χ3v) is 3.82. The van der Waals surface area contributed by atoms with E-state index in [-0.39, 0.29) is 11.9 Å². The largest absolute Gasteiger partial charge is 0.344 e. The van der Waals surface area contributed by atoms with E-state index in [0.717, 1.165) is 11.3 Å². The van der Waals surface area contributed by atoms with Crippen molar-refractivity contribution in [3.05, 3.63) is 71.2 Å². The number of hydrogen-bond donors (Lipinski definition) is 1. The molecule has 1 amide bonds. The summed E-state index contributed by atoms with van der Waals surface area (Å²) in [7, 11) is 0. The standard InChI is InChI=1S/C16H15N5OS/c22-16(7-6-14-9-23-12-18-14)20-15(8-21-11-17-10-19-21)13-4-2-1-3-5-13/h1-7,9-12,15H,8H2,(H,20,22)/b7-6-/t15-/m0/s1. The highest BCUT2D eigenvalue weighted by Gasteiger charge is 2.14. The van der Waals surface area contributed by atoms with Gasteiger partial charge in [0.05, 0.1) is 23.8 Å². The van der Waals surface area contributed by atoms with Gasteiger partial charge in [-0.05, 0) is 11.6 Å². The predicted octanol–water partition coefficient (Wildman–Crippen LogP) is 2.31. The maximum Gasteiger partial charge on any atom is 0.244 e. The van der Waals surface area contributed by atoms with Crippen molar-refractivity contribution in [2.75, 3.05) is 0 Å². The first-order valence-corrected chi connectivity index (χ1v) is 7.99. The van der Waals surface area contributed by atoms with E-state index in [2.05, 4.69) is 20.4 Å². The van der Waals surface area contributed by atoms with Gasteiger partial charge in [-0.3, -0.25) is 9.48 Å². The predicted molar refractivity (Wildman–Crippen MR) is 88.5 cm³/mol. The Kier molecular flexibility index (Phi) is 4.90. The number of carbonyl (C=O) groups is 1. The molecule has 3 aromatic rings. The summed E-state index contributed by atoms with van der Waals surface area (Å²) in [6, 6.07) is 9.60. The van der Waals surface area contributed by atoms with Crippen LogP contribution >= 0.6 is 11.3 Å². The molecule has 0 bridgehead atoms. The first-order chi connectivity index (χ1) is 11.3. The lowest BCUT2D eigenvalue weighted by atomic mass is 10.1. The fraction of sp³-hybridized carbons (Fsp3) is 0.125. The van der Waals surface area contributed by atoms with Gasteiger partial charge in [-0.15, -0.1) is 11.3 Å². The van der Waals surface area contributed by atoms with Crippen LogP contribution in [0.1, 0.15) is 17.3 Å². The molecule has 0 saturated heterocycles. The van der Waals surface area contributed by atoms with Gasteiger partial charge in [-0.1, -0.05) is 30.3 Å². The van der Waals surface area contributed by atoms with Gasteiger partial charge < -0.3 is 5.32 Å². The zero-order valence-electron chi connectivity index (χ0n) is 12.2. The van der Waals surface area contributed by atoms with E-state index in [4.69, 9.17) is 0 Å². The fourth-order valence-corrected chi connectivity index (χ4v) is 2.64. The van der Waals surface area contributed by atoms with Crippen molar-refractivity contribution < 1.29 is 4.79 Å². The van der Waals surface area contributed by atoms with Crippen LogP contribution < -0.4 is 5.32 Å². The Labute approximate surface area is 137 Å². The second kappa shape index (κ2) is 7.46. The van der Waals surface area contributed by atoms with Gasteiger partial charge in [-0.25, -0.2) is 9.97 Å². The first-order valence-electron chi connectivity index (χ1n) is 7.05. The van der Waals surface area contributed by atoms with Crippen LogP contribution in [0.3, 0.4) is 0 Å². The summed E-state index contributed by atoms with van der Waals surface area (Å²) in [5.74, 6) is -0.174. The minimum atomic E-state index is -0.189. The molecule has 116 valence electrons. The Morgan fingerprint density at radius 2 is 2.22 bits per heavy atom. The summed E-state index contributed by atoms with van der Waals surface area (Å²) in [5.41, 5.74) is 3.52. The molecule has 23 heavy (non-hydrogen) atoms. The molecule has 7 heteroatoms. The molecule has 2 heterocycles. The molecule has 0 aliphatic carbocycles. The van der Waals surface area contributed by atoms with Crippen LogP contribution in [-0.2, 0) is 11.3 Å². The van der Waals surface area contributed by atoms with Crippen LogP contribution in [-0.4, -0.2) is 25.7 Å². The molecule has 1 N–H and O–H groups in total. The zero-order valence-corrected chi connectivity index (χ0v) is 13.1. The van der Waals surface area contributed by atoms with Crippen molar-refractivity contribution in [2.45, 2.75) is 12.6 Å². The first kappa shape index (κ1) is 15.1. The SMILES string of the molecule is O=C(/C=C\c1cscn1)N[C@@H](Cn1cncn1)c1ccccc1. The van der Waals surface area contributed by atoms with Crippen LogP contribution in [0.2, 0.25) is 0 Å². The Balaban J connectivity index is 1.71. The lowest BCUT2D eigenvalue weighted by Gasteiger charge is -2.18. The molecule has 0 aliphatic heterocycles. The highest BCUT2D eigenvalue weighted by Crippen LogP contribution is 2.14. The van der Waals surface area contributed by atoms with Crippen molar-refractivity contribution in [2.24, 2.45) is 0 Å². The van der Waals surface area contributed by atoms with E-state index in [1.807, 2.05) is 35.7 Å². The molecule has 0 saturated carbocycles. The molecule has 1 atom stereocenters. The summed E-state index contributed by atoms with van der Waals surface area (Å²) in [6.45, 7) is 0.514. The summed E-state index contributed by atoms with van der Waals surface area (Å²) >= 11 is 1.49. The fourth-order valence-electron chi connectivity index (χ4n) is 2.12. The van der Waals surface area contributed by atoms with Gasteiger partial charge in [0.25, 0.3) is 0 Å². The number of amides is 1. The number of hydrogen-bond acceptors (Lipinski definition) is 5. The second-order valence-electron chi connectivity index (χ2n) is 4.84. The number of carbonyl (C=O) groups excluding carboxylic acids is 1. The van der Waals surface area contributed by atoms with Crippen LogP contribution in [0.25, 0.3) is 6.08 Å². The Hall–Kier alpha value is -2.80. The molecule has 0 spiro atoms. The molecule has 0 fully saturated rings. The number of nitrogens with zero attached hydrogens (tertiary/aromatic N) is 4. The van der Waals surface area contributed by atoms with Crippen molar-refractivity contribution in [1.29, 1.82) is 0 Å². The average Bonchev–Trinajstić information content (AvgIpc) is 3.27. The maximum absolute atomic E-state index is 12.2. The van der Waals surface area contributed by atoms with E-state index in [1.165, 1.54) is 23.7 Å². The van der Waals surface area contributed by atoms with E-state index < -0.39 is 0 Å². The van der Waals surface area contributed by atoms with E-state index >= 15 is 0 Å². The number of thiazole rings is 1. The molecule has 0 radical (unpaired) electrons. The number of rotatable bonds is 6. The van der Waals surface area contributed by atoms with Gasteiger partial charge in [0, 0.05) is 11.5 Å². The van der Waals surface area contributed by atoms with Crippen molar-refractivity contribution in [3.8, 4) is 0 Å². The Morgan fingerprint density at radius 3 is 2.91 bits per heavy atom. The topological polar surface area (TPSA) is 72.7 Å². The molecule has 2 aromatic heterocycles. The zero-order chi connectivity index (χ0) is 15.9. The lowest BCUT2D eigenvalue weighted by Crippen LogP contribution is -2.30. The summed E-state index contributed by atoms with van der Waals surface area (Å²) in [5, 5.41) is 8.98. The number of benzene rings is 1. The minimum absolute atomic E-state index is 0.174. The van der Waals surface area contributed by atoms with Crippen molar-refractivity contribution in [3.63, 3.8) is 0 Å².